The molecule has 2 aliphatic rings. The van der Waals surface area contributed by atoms with Crippen molar-refractivity contribution in [2.75, 3.05) is 49.2 Å². The quantitative estimate of drug-likeness (QED) is 0.414. The molecule has 6 heteroatoms. The van der Waals surface area contributed by atoms with Crippen LogP contribution in [0.4, 0.5) is 11.4 Å². The van der Waals surface area contributed by atoms with Crippen molar-refractivity contribution in [3.63, 3.8) is 0 Å². The number of rotatable bonds is 7. The minimum atomic E-state index is 0.676. The summed E-state index contributed by atoms with van der Waals surface area (Å²) in [4.78, 5) is 4.83. The number of hydrogen-bond donors (Lipinski definition) is 2. The Bertz CT molecular complexity index is 673. The largest absolute Gasteiger partial charge is 0.369 e. The second-order valence-electron chi connectivity index (χ2n) is 8.56. The van der Waals surface area contributed by atoms with Crippen molar-refractivity contribution >= 4 is 40.5 Å². The highest BCUT2D eigenvalue weighted by atomic mass is 32.2. The lowest BCUT2D eigenvalue weighted by Crippen LogP contribution is -2.44. The van der Waals surface area contributed by atoms with Crippen LogP contribution in [0, 0.1) is 5.92 Å². The van der Waals surface area contributed by atoms with Crippen LogP contribution in [0.5, 0.6) is 0 Å². The first kappa shape index (κ1) is 23.4. The van der Waals surface area contributed by atoms with Crippen molar-refractivity contribution in [3.8, 4) is 0 Å². The van der Waals surface area contributed by atoms with E-state index in [9.17, 15) is 0 Å². The molecule has 30 heavy (non-hydrogen) atoms. The Kier molecular flexibility index (Phi) is 9.82. The minimum Gasteiger partial charge on any atom is -0.369 e. The number of nitrogens with one attached hydrogen (secondary N) is 2. The van der Waals surface area contributed by atoms with E-state index in [1.807, 2.05) is 11.8 Å². The molecular formula is C24H38N4S2. The molecule has 0 bridgehead atoms. The molecule has 1 heterocycles. The second-order valence-corrected chi connectivity index (χ2v) is 10.0. The summed E-state index contributed by atoms with van der Waals surface area (Å²) < 4.78 is 0. The summed E-state index contributed by atoms with van der Waals surface area (Å²) in [6.07, 6.45) is 11.7. The van der Waals surface area contributed by atoms with Crippen LogP contribution >= 0.6 is 24.0 Å². The van der Waals surface area contributed by atoms with Crippen LogP contribution in [0.25, 0.3) is 0 Å². The third-order valence-corrected chi connectivity index (χ3v) is 7.49. The Labute approximate surface area is 192 Å². The van der Waals surface area contributed by atoms with Gasteiger partial charge in [0.25, 0.3) is 0 Å². The van der Waals surface area contributed by atoms with E-state index >= 15 is 0 Å². The van der Waals surface area contributed by atoms with Crippen molar-refractivity contribution < 1.29 is 0 Å². The number of hydrogen-bond acceptors (Lipinski definition) is 4. The predicted octanol–water partition coefficient (Wildman–Crippen LogP) is 5.68. The molecule has 4 nitrogen and oxygen atoms in total. The van der Waals surface area contributed by atoms with E-state index in [0.29, 0.717) is 5.11 Å². The molecule has 0 spiro atoms. The summed E-state index contributed by atoms with van der Waals surface area (Å²) in [5.41, 5.74) is 2.33. The van der Waals surface area contributed by atoms with E-state index in [1.54, 1.807) is 0 Å². The number of piperazine rings is 1. The fourth-order valence-corrected chi connectivity index (χ4v) is 5.66. The van der Waals surface area contributed by atoms with E-state index in [0.717, 1.165) is 44.2 Å². The van der Waals surface area contributed by atoms with Gasteiger partial charge in [0, 0.05) is 43.3 Å². The van der Waals surface area contributed by atoms with E-state index in [4.69, 9.17) is 12.2 Å². The molecule has 2 fully saturated rings. The first-order valence-electron chi connectivity index (χ1n) is 11.6. The van der Waals surface area contributed by atoms with Crippen LogP contribution in [-0.2, 0) is 0 Å². The van der Waals surface area contributed by atoms with Gasteiger partial charge in [-0.25, -0.2) is 0 Å². The Balaban J connectivity index is 1.47. The lowest BCUT2D eigenvalue weighted by atomic mass is 10.0. The van der Waals surface area contributed by atoms with Gasteiger partial charge >= 0.3 is 0 Å². The summed E-state index contributed by atoms with van der Waals surface area (Å²) in [5.74, 6) is 2.05. The Morgan fingerprint density at radius 3 is 2.37 bits per heavy atom. The van der Waals surface area contributed by atoms with Crippen LogP contribution in [-0.4, -0.2) is 49.0 Å². The van der Waals surface area contributed by atoms with Crippen molar-refractivity contribution in [1.29, 1.82) is 0 Å². The highest BCUT2D eigenvalue weighted by molar-refractivity contribution is 8.03. The number of nitrogens with zero attached hydrogens (tertiary/aromatic N) is 2. The maximum Gasteiger partial charge on any atom is 0.175 e. The molecular weight excluding hydrogens is 408 g/mol. The van der Waals surface area contributed by atoms with Crippen molar-refractivity contribution in [3.05, 3.63) is 35.4 Å². The van der Waals surface area contributed by atoms with Gasteiger partial charge in [-0.05, 0) is 68.7 Å². The standard InChI is InChI=1S/C24H38N4S2/c1-3-8-23(30-19-20-9-6-4-5-7-10-20)26-24(29)25-21-11-13-22(14-12-21)28-17-15-27(2)16-18-28/h8,11-14,20H,3-7,9-10,15-19H2,1-2H3,(H2,25,26,29)/b23-8+. The molecule has 0 unspecified atom stereocenters. The van der Waals surface area contributed by atoms with E-state index in [-0.39, 0.29) is 0 Å². The lowest BCUT2D eigenvalue weighted by Gasteiger charge is -2.34. The molecule has 0 radical (unpaired) electrons. The van der Waals surface area contributed by atoms with Gasteiger partial charge in [0.05, 0.1) is 5.03 Å². The number of likely N-dealkylation sites (N-methyl/N-ethyl adjacent to an activating group) is 1. The van der Waals surface area contributed by atoms with Crippen molar-refractivity contribution in [2.45, 2.75) is 51.9 Å². The van der Waals surface area contributed by atoms with Crippen LogP contribution in [0.3, 0.4) is 0 Å². The Hall–Kier alpha value is -1.24. The van der Waals surface area contributed by atoms with Gasteiger partial charge in [-0.15, -0.1) is 11.8 Å². The molecule has 1 aliphatic carbocycles. The summed E-state index contributed by atoms with van der Waals surface area (Å²) >= 11 is 7.53. The molecule has 1 saturated heterocycles. The van der Waals surface area contributed by atoms with Crippen LogP contribution < -0.4 is 15.5 Å². The average molecular weight is 447 g/mol. The predicted molar refractivity (Wildman–Crippen MR) is 138 cm³/mol. The molecule has 2 N–H and O–H groups in total. The van der Waals surface area contributed by atoms with Gasteiger partial charge in [0.1, 0.15) is 0 Å². The maximum atomic E-state index is 5.60. The molecule has 0 amide bonds. The third kappa shape index (κ3) is 7.78. The van der Waals surface area contributed by atoms with Gasteiger partial charge in [-0.1, -0.05) is 38.7 Å². The normalized spacial score (nSPS) is 19.4. The topological polar surface area (TPSA) is 30.5 Å². The minimum absolute atomic E-state index is 0.676. The fraction of sp³-hybridized carbons (Fsp3) is 0.625. The fourth-order valence-electron chi connectivity index (χ4n) is 4.16. The SMILES string of the molecule is CC/C=C(\NC(=S)Nc1ccc(N2CCN(C)CC2)cc1)SCC1CCCCCC1. The molecule has 1 saturated carbocycles. The highest BCUT2D eigenvalue weighted by Gasteiger charge is 2.15. The van der Waals surface area contributed by atoms with E-state index in [2.05, 4.69) is 64.7 Å². The van der Waals surface area contributed by atoms with Gasteiger partial charge in [-0.3, -0.25) is 0 Å². The Morgan fingerprint density at radius 1 is 1.07 bits per heavy atom. The van der Waals surface area contributed by atoms with Crippen LogP contribution in [0.15, 0.2) is 35.4 Å². The number of benzene rings is 1. The third-order valence-electron chi connectivity index (χ3n) is 6.07. The number of thiocarbonyl (C=S) groups is 1. The van der Waals surface area contributed by atoms with Crippen molar-refractivity contribution in [1.82, 2.24) is 10.2 Å². The van der Waals surface area contributed by atoms with Gasteiger partial charge in [0.15, 0.2) is 5.11 Å². The molecule has 0 atom stereocenters. The van der Waals surface area contributed by atoms with E-state index in [1.165, 1.54) is 55.0 Å². The summed E-state index contributed by atoms with van der Waals surface area (Å²) in [6, 6.07) is 8.65. The molecule has 166 valence electrons. The van der Waals surface area contributed by atoms with Crippen LogP contribution in [0.1, 0.15) is 51.9 Å². The molecule has 1 aliphatic heterocycles. The highest BCUT2D eigenvalue weighted by Crippen LogP contribution is 2.28. The average Bonchev–Trinajstić information content (AvgIpc) is 3.02. The smallest absolute Gasteiger partial charge is 0.175 e. The lowest BCUT2D eigenvalue weighted by molar-refractivity contribution is 0.313. The summed E-state index contributed by atoms with van der Waals surface area (Å²) in [5, 5.41) is 8.65. The van der Waals surface area contributed by atoms with Crippen molar-refractivity contribution in [2.24, 2.45) is 5.92 Å². The second kappa shape index (κ2) is 12.6. The van der Waals surface area contributed by atoms with Gasteiger partial charge < -0.3 is 20.4 Å². The number of allylic oxidation sites excluding steroid dienone is 1. The summed E-state index contributed by atoms with van der Waals surface area (Å²) in [7, 11) is 2.19. The summed E-state index contributed by atoms with van der Waals surface area (Å²) in [6.45, 7) is 6.61. The number of thioether (sulfide) groups is 1. The zero-order chi connectivity index (χ0) is 21.2. The first-order valence-corrected chi connectivity index (χ1v) is 13.0. The first-order chi connectivity index (χ1) is 14.6. The molecule has 1 aromatic rings. The molecule has 1 aromatic carbocycles. The number of anilines is 2. The zero-order valence-corrected chi connectivity index (χ0v) is 20.3. The zero-order valence-electron chi connectivity index (χ0n) is 18.7. The monoisotopic (exact) mass is 446 g/mol. The maximum absolute atomic E-state index is 5.60. The van der Waals surface area contributed by atoms with Crippen LogP contribution in [0.2, 0.25) is 0 Å². The molecule has 0 aromatic heterocycles. The van der Waals surface area contributed by atoms with E-state index < -0.39 is 0 Å². The Morgan fingerprint density at radius 2 is 1.73 bits per heavy atom. The van der Waals surface area contributed by atoms with Gasteiger partial charge in [-0.2, -0.15) is 0 Å². The molecule has 3 rings (SSSR count). The van der Waals surface area contributed by atoms with Gasteiger partial charge in [0.2, 0.25) is 0 Å².